The summed E-state index contributed by atoms with van der Waals surface area (Å²) >= 11 is 1.64. The lowest BCUT2D eigenvalue weighted by molar-refractivity contribution is 0.0699. The number of rotatable bonds is 4. The van der Waals surface area contributed by atoms with E-state index in [4.69, 9.17) is 10.5 Å². The minimum absolute atomic E-state index is 0.293. The van der Waals surface area contributed by atoms with Gasteiger partial charge in [-0.15, -0.1) is 11.3 Å². The van der Waals surface area contributed by atoms with Crippen LogP contribution in [0.15, 0.2) is 18.3 Å². The summed E-state index contributed by atoms with van der Waals surface area (Å²) in [6.07, 6.45) is 3.91. The summed E-state index contributed by atoms with van der Waals surface area (Å²) in [6, 6.07) is 3.96. The molecule has 23 heavy (non-hydrogen) atoms. The molecule has 3 aromatic rings. The largest absolute Gasteiger partial charge is 0.381 e. The molecule has 0 spiro atoms. The number of hydrogen-bond donors (Lipinski definition) is 3. The van der Waals surface area contributed by atoms with Gasteiger partial charge in [0, 0.05) is 26.0 Å². The third-order valence-corrected chi connectivity index (χ3v) is 5.22. The van der Waals surface area contributed by atoms with E-state index in [0.717, 1.165) is 59.2 Å². The highest BCUT2D eigenvalue weighted by Gasteiger charge is 2.16. The molecule has 1 fully saturated rings. The Morgan fingerprint density at radius 3 is 3.00 bits per heavy atom. The van der Waals surface area contributed by atoms with Gasteiger partial charge in [0.25, 0.3) is 0 Å². The lowest BCUT2D eigenvalue weighted by Gasteiger charge is -2.22. The average Bonchev–Trinajstić information content (AvgIpc) is 3.22. The van der Waals surface area contributed by atoms with E-state index in [-0.39, 0.29) is 0 Å². The van der Waals surface area contributed by atoms with Gasteiger partial charge in [0.15, 0.2) is 0 Å². The molecule has 0 unspecified atom stereocenters. The number of nitrogens with one attached hydrogen (secondary N) is 2. The Labute approximate surface area is 137 Å². The first-order valence-electron chi connectivity index (χ1n) is 7.68. The van der Waals surface area contributed by atoms with Crippen LogP contribution in [0.5, 0.6) is 0 Å². The van der Waals surface area contributed by atoms with Crippen LogP contribution in [0.3, 0.4) is 0 Å². The van der Waals surface area contributed by atoms with Gasteiger partial charge in [0.05, 0.1) is 20.8 Å². The molecular formula is C15H18N6OS. The number of H-pyrrole nitrogens is 1. The number of aromatic nitrogens is 4. The van der Waals surface area contributed by atoms with Crippen LogP contribution in [0, 0.1) is 5.92 Å². The van der Waals surface area contributed by atoms with E-state index in [1.165, 1.54) is 0 Å². The third kappa shape index (κ3) is 2.99. The number of anilines is 2. The second kappa shape index (κ2) is 6.13. The summed E-state index contributed by atoms with van der Waals surface area (Å²) in [4.78, 5) is 9.81. The summed E-state index contributed by atoms with van der Waals surface area (Å²) in [5.41, 5.74) is 7.70. The number of hydrogen-bond acceptors (Lipinski definition) is 7. The number of nitrogens with zero attached hydrogens (tertiary/aromatic N) is 3. The molecule has 0 aliphatic carbocycles. The van der Waals surface area contributed by atoms with E-state index in [9.17, 15) is 0 Å². The van der Waals surface area contributed by atoms with Crippen LogP contribution >= 0.6 is 11.3 Å². The van der Waals surface area contributed by atoms with Crippen molar-refractivity contribution in [1.82, 2.24) is 20.2 Å². The summed E-state index contributed by atoms with van der Waals surface area (Å²) in [5, 5.41) is 10.4. The number of nitrogens with two attached hydrogens (primary N) is 1. The zero-order chi connectivity index (χ0) is 15.6. The van der Waals surface area contributed by atoms with Gasteiger partial charge in [0.1, 0.15) is 5.82 Å². The molecule has 1 aliphatic rings. The molecule has 1 saturated heterocycles. The molecule has 7 nitrogen and oxygen atoms in total. The second-order valence-corrected chi connectivity index (χ2v) is 6.71. The van der Waals surface area contributed by atoms with Crippen molar-refractivity contribution in [1.29, 1.82) is 0 Å². The van der Waals surface area contributed by atoms with Crippen molar-refractivity contribution in [3.8, 4) is 10.6 Å². The van der Waals surface area contributed by atoms with Gasteiger partial charge < -0.3 is 15.8 Å². The molecule has 1 aliphatic heterocycles. The van der Waals surface area contributed by atoms with Crippen LogP contribution in [0.2, 0.25) is 0 Å². The Morgan fingerprint density at radius 2 is 2.22 bits per heavy atom. The Morgan fingerprint density at radius 1 is 1.35 bits per heavy atom. The fourth-order valence-corrected chi connectivity index (χ4v) is 3.82. The van der Waals surface area contributed by atoms with E-state index in [1.54, 1.807) is 17.5 Å². The van der Waals surface area contributed by atoms with Gasteiger partial charge in [-0.1, -0.05) is 0 Å². The van der Waals surface area contributed by atoms with E-state index in [2.05, 4.69) is 25.5 Å². The highest BCUT2D eigenvalue weighted by atomic mass is 32.1. The Balaban J connectivity index is 1.62. The third-order valence-electron chi connectivity index (χ3n) is 4.05. The van der Waals surface area contributed by atoms with Crippen molar-refractivity contribution < 1.29 is 4.74 Å². The van der Waals surface area contributed by atoms with Crippen molar-refractivity contribution in [3.05, 3.63) is 18.3 Å². The van der Waals surface area contributed by atoms with Gasteiger partial charge in [-0.25, -0.2) is 4.98 Å². The van der Waals surface area contributed by atoms with Crippen molar-refractivity contribution in [2.24, 2.45) is 5.92 Å². The van der Waals surface area contributed by atoms with Gasteiger partial charge in [-0.05, 0) is 30.9 Å². The monoisotopic (exact) mass is 330 g/mol. The number of nitrogen functional groups attached to an aromatic ring is 1. The molecule has 4 N–H and O–H groups in total. The van der Waals surface area contributed by atoms with Crippen LogP contribution in [0.25, 0.3) is 20.8 Å². The first-order valence-corrected chi connectivity index (χ1v) is 8.49. The molecule has 0 atom stereocenters. The number of ether oxygens (including phenoxy) is 1. The lowest BCUT2D eigenvalue weighted by atomic mass is 10.0. The molecule has 0 amide bonds. The number of thiophene rings is 1. The van der Waals surface area contributed by atoms with Crippen LogP contribution in [0.1, 0.15) is 12.8 Å². The normalized spacial score (nSPS) is 16.0. The fourth-order valence-electron chi connectivity index (χ4n) is 2.79. The molecule has 120 valence electrons. The fraction of sp³-hybridized carbons (Fsp3) is 0.400. The quantitative estimate of drug-likeness (QED) is 0.679. The Kier molecular flexibility index (Phi) is 3.84. The van der Waals surface area contributed by atoms with Crippen LogP contribution < -0.4 is 11.1 Å². The van der Waals surface area contributed by atoms with E-state index >= 15 is 0 Å². The predicted molar refractivity (Wildman–Crippen MR) is 91.4 cm³/mol. The highest BCUT2D eigenvalue weighted by Crippen LogP contribution is 2.35. The molecule has 0 radical (unpaired) electrons. The number of aromatic amines is 1. The Hall–Kier alpha value is -2.19. The number of fused-ring (bicyclic) bond motifs is 1. The van der Waals surface area contributed by atoms with E-state index < -0.39 is 0 Å². The van der Waals surface area contributed by atoms with Crippen molar-refractivity contribution in [2.75, 3.05) is 30.8 Å². The Bertz CT molecular complexity index is 794. The molecule has 3 aromatic heterocycles. The van der Waals surface area contributed by atoms with Gasteiger partial charge in [-0.3, -0.25) is 5.10 Å². The SMILES string of the molecule is Nc1nc(NCC2CCOCC2)c2sc(-c3ccn[nH]3)cc2n1. The van der Waals surface area contributed by atoms with E-state index in [0.29, 0.717) is 11.9 Å². The van der Waals surface area contributed by atoms with Gasteiger partial charge in [0.2, 0.25) is 5.95 Å². The lowest BCUT2D eigenvalue weighted by Crippen LogP contribution is -2.23. The molecule has 0 bridgehead atoms. The summed E-state index contributed by atoms with van der Waals surface area (Å²) in [7, 11) is 0. The maximum atomic E-state index is 5.86. The second-order valence-electron chi connectivity index (χ2n) is 5.66. The zero-order valence-corrected chi connectivity index (χ0v) is 13.4. The highest BCUT2D eigenvalue weighted by molar-refractivity contribution is 7.22. The smallest absolute Gasteiger partial charge is 0.222 e. The topological polar surface area (TPSA) is 102 Å². The van der Waals surface area contributed by atoms with Gasteiger partial charge in [-0.2, -0.15) is 10.1 Å². The van der Waals surface area contributed by atoms with Crippen molar-refractivity contribution in [3.63, 3.8) is 0 Å². The molecule has 4 heterocycles. The van der Waals surface area contributed by atoms with Crippen LogP contribution in [-0.2, 0) is 4.74 Å². The molecule has 0 saturated carbocycles. The van der Waals surface area contributed by atoms with Gasteiger partial charge >= 0.3 is 0 Å². The first-order chi connectivity index (χ1) is 11.3. The zero-order valence-electron chi connectivity index (χ0n) is 12.6. The predicted octanol–water partition coefficient (Wildman–Crippen LogP) is 2.50. The summed E-state index contributed by atoms with van der Waals surface area (Å²) in [5.74, 6) is 1.72. The van der Waals surface area contributed by atoms with Crippen molar-refractivity contribution in [2.45, 2.75) is 12.8 Å². The molecule has 8 heteroatoms. The first kappa shape index (κ1) is 14.4. The average molecular weight is 330 g/mol. The van der Waals surface area contributed by atoms with E-state index in [1.807, 2.05) is 12.1 Å². The molecule has 0 aromatic carbocycles. The molecular weight excluding hydrogens is 312 g/mol. The minimum Gasteiger partial charge on any atom is -0.381 e. The standard InChI is InChI=1S/C15H18N6OS/c16-15-19-11-7-12(10-1-4-18-21-10)23-13(11)14(20-15)17-8-9-2-5-22-6-3-9/h1,4,7,9H,2-3,5-6,8H2,(H,18,21)(H3,16,17,19,20). The maximum Gasteiger partial charge on any atom is 0.222 e. The maximum absolute atomic E-state index is 5.86. The summed E-state index contributed by atoms with van der Waals surface area (Å²) in [6.45, 7) is 2.57. The van der Waals surface area contributed by atoms with Crippen molar-refractivity contribution >= 4 is 33.3 Å². The molecule has 4 rings (SSSR count). The van der Waals surface area contributed by atoms with Crippen LogP contribution in [0.4, 0.5) is 11.8 Å². The minimum atomic E-state index is 0.293. The summed E-state index contributed by atoms with van der Waals surface area (Å²) < 4.78 is 6.43. The van der Waals surface area contributed by atoms with Crippen LogP contribution in [-0.4, -0.2) is 39.9 Å².